The van der Waals surface area contributed by atoms with Gasteiger partial charge >= 0.3 is 6.09 Å². The molecule has 0 aliphatic carbocycles. The molecule has 33 heavy (non-hydrogen) atoms. The number of amides is 2. The minimum absolute atomic E-state index is 0.0191. The van der Waals surface area contributed by atoms with Crippen molar-refractivity contribution in [2.24, 2.45) is 11.0 Å². The van der Waals surface area contributed by atoms with E-state index < -0.39 is 0 Å². The molecule has 7 heteroatoms. The molecule has 0 saturated carbocycles. The number of cyclic esters (lactones) is 1. The van der Waals surface area contributed by atoms with Crippen LogP contribution in [0.2, 0.25) is 0 Å². The Labute approximate surface area is 200 Å². The zero-order chi connectivity index (χ0) is 22.9. The highest BCUT2D eigenvalue weighted by atomic mass is 79.9. The highest BCUT2D eigenvalue weighted by molar-refractivity contribution is 9.10. The lowest BCUT2D eigenvalue weighted by Gasteiger charge is -2.25. The number of carbonyl (C=O) groups excluding carboxylic acids is 2. The van der Waals surface area contributed by atoms with Gasteiger partial charge in [-0.2, -0.15) is 5.10 Å². The van der Waals surface area contributed by atoms with E-state index in [1.165, 1.54) is 0 Å². The second kappa shape index (κ2) is 8.83. The van der Waals surface area contributed by atoms with Crippen molar-refractivity contribution in [3.05, 3.63) is 100 Å². The van der Waals surface area contributed by atoms with Crippen molar-refractivity contribution in [3.8, 4) is 0 Å². The Morgan fingerprint density at radius 1 is 1.00 bits per heavy atom. The largest absolute Gasteiger partial charge is 0.447 e. The summed E-state index contributed by atoms with van der Waals surface area (Å²) in [5.41, 5.74) is 4.16. The number of nitrogens with zero attached hydrogens (tertiary/aromatic N) is 3. The molecule has 166 valence electrons. The van der Waals surface area contributed by atoms with Gasteiger partial charge in [-0.25, -0.2) is 9.80 Å². The molecule has 1 fully saturated rings. The number of hydrogen-bond acceptors (Lipinski definition) is 4. The highest BCUT2D eigenvalue weighted by Crippen LogP contribution is 2.38. The third kappa shape index (κ3) is 4.04. The van der Waals surface area contributed by atoms with Gasteiger partial charge in [0.25, 0.3) is 5.91 Å². The molecule has 2 heterocycles. The Bertz CT molecular complexity index is 1210. The summed E-state index contributed by atoms with van der Waals surface area (Å²) in [5, 5.41) is 6.42. The topological polar surface area (TPSA) is 62.2 Å². The van der Waals surface area contributed by atoms with Crippen LogP contribution in [0.5, 0.6) is 0 Å². The van der Waals surface area contributed by atoms with Gasteiger partial charge in [-0.15, -0.1) is 0 Å². The first-order valence-corrected chi connectivity index (χ1v) is 11.6. The summed E-state index contributed by atoms with van der Waals surface area (Å²) in [6.07, 6.45) is -0.329. The highest BCUT2D eigenvalue weighted by Gasteiger charge is 2.39. The summed E-state index contributed by atoms with van der Waals surface area (Å²) in [4.78, 5) is 27.0. The smallest absolute Gasteiger partial charge is 0.414 e. The van der Waals surface area contributed by atoms with Crippen molar-refractivity contribution in [1.29, 1.82) is 0 Å². The van der Waals surface area contributed by atoms with Gasteiger partial charge in [0, 0.05) is 21.6 Å². The van der Waals surface area contributed by atoms with Crippen molar-refractivity contribution < 1.29 is 14.3 Å². The van der Waals surface area contributed by atoms with Crippen LogP contribution >= 0.6 is 15.9 Å². The van der Waals surface area contributed by atoms with Gasteiger partial charge in [0.2, 0.25) is 0 Å². The van der Waals surface area contributed by atoms with Gasteiger partial charge in [0.15, 0.2) is 0 Å². The summed E-state index contributed by atoms with van der Waals surface area (Å²) in [7, 11) is 0. The SMILES string of the molecule is CC1C(c2ccc(N3CCOC3=O)cc2)=NN(C(=O)c2ccc(Br)cc2)C1c1ccccc1. The Kier molecular flexibility index (Phi) is 5.72. The second-order valence-electron chi connectivity index (χ2n) is 8.10. The van der Waals surface area contributed by atoms with Crippen LogP contribution < -0.4 is 4.90 Å². The first-order valence-electron chi connectivity index (χ1n) is 10.8. The molecule has 3 aromatic carbocycles. The zero-order valence-corrected chi connectivity index (χ0v) is 19.6. The van der Waals surface area contributed by atoms with E-state index in [-0.39, 0.29) is 24.0 Å². The maximum absolute atomic E-state index is 13.5. The van der Waals surface area contributed by atoms with E-state index in [4.69, 9.17) is 9.84 Å². The number of ether oxygens (including phenoxy) is 1. The lowest BCUT2D eigenvalue weighted by atomic mass is 9.88. The van der Waals surface area contributed by atoms with Crippen molar-refractivity contribution >= 4 is 39.3 Å². The van der Waals surface area contributed by atoms with Crippen molar-refractivity contribution in [3.63, 3.8) is 0 Å². The van der Waals surface area contributed by atoms with Crippen LogP contribution in [0.3, 0.4) is 0 Å². The zero-order valence-electron chi connectivity index (χ0n) is 18.0. The summed E-state index contributed by atoms with van der Waals surface area (Å²) in [5.74, 6) is -0.163. The predicted octanol–water partition coefficient (Wildman–Crippen LogP) is 5.64. The Morgan fingerprint density at radius 2 is 1.70 bits per heavy atom. The standard InChI is InChI=1S/C26H22BrN3O3/c1-17-23(18-9-13-22(14-10-18)29-15-16-33-26(29)32)28-30(24(17)19-5-3-2-4-6-19)25(31)20-7-11-21(27)12-8-20/h2-14,17,24H,15-16H2,1H3. The minimum atomic E-state index is -0.329. The fourth-order valence-corrected chi connectivity index (χ4v) is 4.63. The molecule has 0 spiro atoms. The molecule has 0 bridgehead atoms. The number of halogens is 1. The Hall–Kier alpha value is -3.45. The van der Waals surface area contributed by atoms with Gasteiger partial charge in [0.1, 0.15) is 6.61 Å². The molecule has 2 unspecified atom stereocenters. The molecule has 3 aromatic rings. The Morgan fingerprint density at radius 3 is 2.33 bits per heavy atom. The second-order valence-corrected chi connectivity index (χ2v) is 9.01. The molecule has 2 aliphatic heterocycles. The lowest BCUT2D eigenvalue weighted by Crippen LogP contribution is -2.30. The molecular formula is C26H22BrN3O3. The molecular weight excluding hydrogens is 482 g/mol. The van der Waals surface area contributed by atoms with Crippen LogP contribution in [-0.4, -0.2) is 35.9 Å². The summed E-state index contributed by atoms with van der Waals surface area (Å²) >= 11 is 3.43. The van der Waals surface area contributed by atoms with E-state index in [1.54, 1.807) is 22.0 Å². The quantitative estimate of drug-likeness (QED) is 0.462. The number of rotatable bonds is 4. The fraction of sp³-hybridized carbons (Fsp3) is 0.192. The molecule has 0 N–H and O–H groups in total. The maximum Gasteiger partial charge on any atom is 0.414 e. The van der Waals surface area contributed by atoms with E-state index in [1.807, 2.05) is 66.7 Å². The van der Waals surface area contributed by atoms with Crippen LogP contribution in [0.15, 0.2) is 88.4 Å². The monoisotopic (exact) mass is 503 g/mol. The molecule has 6 nitrogen and oxygen atoms in total. The third-order valence-electron chi connectivity index (χ3n) is 6.06. The number of hydrogen-bond donors (Lipinski definition) is 0. The minimum Gasteiger partial charge on any atom is -0.447 e. The number of anilines is 1. The molecule has 2 aliphatic rings. The Balaban J connectivity index is 1.50. The molecule has 5 rings (SSSR count). The third-order valence-corrected chi connectivity index (χ3v) is 6.59. The van der Waals surface area contributed by atoms with Crippen LogP contribution in [0.1, 0.15) is 34.5 Å². The van der Waals surface area contributed by atoms with Gasteiger partial charge in [0.05, 0.1) is 18.3 Å². The maximum atomic E-state index is 13.5. The van der Waals surface area contributed by atoms with E-state index in [0.29, 0.717) is 18.7 Å². The molecule has 2 amide bonds. The molecule has 2 atom stereocenters. The average Bonchev–Trinajstić information content (AvgIpc) is 3.43. The molecule has 0 radical (unpaired) electrons. The fourth-order valence-electron chi connectivity index (χ4n) is 4.37. The van der Waals surface area contributed by atoms with E-state index in [0.717, 1.165) is 27.0 Å². The van der Waals surface area contributed by atoms with Gasteiger partial charge in [-0.3, -0.25) is 9.69 Å². The predicted molar refractivity (Wildman–Crippen MR) is 130 cm³/mol. The first-order chi connectivity index (χ1) is 16.0. The van der Waals surface area contributed by atoms with Crippen molar-refractivity contribution in [2.75, 3.05) is 18.1 Å². The summed E-state index contributed by atoms with van der Waals surface area (Å²) < 4.78 is 5.95. The van der Waals surface area contributed by atoms with E-state index >= 15 is 0 Å². The average molecular weight is 504 g/mol. The van der Waals surface area contributed by atoms with Gasteiger partial charge in [-0.05, 0) is 47.5 Å². The van der Waals surface area contributed by atoms with Crippen LogP contribution in [0.25, 0.3) is 0 Å². The summed E-state index contributed by atoms with van der Waals surface area (Å²) in [6, 6.07) is 24.8. The van der Waals surface area contributed by atoms with Crippen molar-refractivity contribution in [1.82, 2.24) is 5.01 Å². The normalized spacial score (nSPS) is 20.1. The first kappa shape index (κ1) is 21.4. The van der Waals surface area contributed by atoms with Gasteiger partial charge in [-0.1, -0.05) is 65.3 Å². The lowest BCUT2D eigenvalue weighted by molar-refractivity contribution is 0.0688. The number of carbonyl (C=O) groups is 2. The van der Waals surface area contributed by atoms with E-state index in [9.17, 15) is 9.59 Å². The van der Waals surface area contributed by atoms with Crippen molar-refractivity contribution in [2.45, 2.75) is 13.0 Å². The van der Waals surface area contributed by atoms with Gasteiger partial charge < -0.3 is 4.74 Å². The van der Waals surface area contributed by atoms with Crippen LogP contribution in [0.4, 0.5) is 10.5 Å². The summed E-state index contributed by atoms with van der Waals surface area (Å²) in [6.45, 7) is 3.04. The van der Waals surface area contributed by atoms with E-state index in [2.05, 4.69) is 22.9 Å². The number of benzene rings is 3. The van der Waals surface area contributed by atoms with Crippen LogP contribution in [-0.2, 0) is 4.74 Å². The molecule has 0 aromatic heterocycles. The molecule has 1 saturated heterocycles. The number of hydrazone groups is 1. The van der Waals surface area contributed by atoms with Crippen LogP contribution in [0, 0.1) is 5.92 Å².